The minimum atomic E-state index is -1.04. The SMILES string of the molecule is C[C@H]1CCC[C@@H](NC(=O)[C@@H](Cc2ccc([N+](=O)[O-])cc2)N2C(=O)c3ccccc3C2=O)C1. The van der Waals surface area contributed by atoms with Gasteiger partial charge in [-0.25, -0.2) is 0 Å². The lowest BCUT2D eigenvalue weighted by atomic mass is 9.87. The predicted octanol–water partition coefficient (Wildman–Crippen LogP) is 3.50. The van der Waals surface area contributed by atoms with Crippen LogP contribution in [0.25, 0.3) is 0 Å². The maximum atomic E-state index is 13.4. The standard InChI is InChI=1S/C24H25N3O5/c1-15-5-4-6-17(13-15)25-22(28)21(14-16-9-11-18(12-10-16)27(31)32)26-23(29)19-7-2-3-8-20(19)24(26)30/h2-3,7-12,15,17,21H,4-6,13-14H2,1H3,(H,25,28)/t15-,17+,21+/m0/s1. The van der Waals surface area contributed by atoms with Crippen molar-refractivity contribution in [2.45, 2.75) is 51.1 Å². The van der Waals surface area contributed by atoms with E-state index in [1.165, 1.54) is 12.1 Å². The Kier molecular flexibility index (Phi) is 6.03. The van der Waals surface area contributed by atoms with E-state index >= 15 is 0 Å². The number of non-ortho nitro benzene ring substituents is 1. The van der Waals surface area contributed by atoms with Crippen LogP contribution in [0, 0.1) is 16.0 Å². The van der Waals surface area contributed by atoms with Gasteiger partial charge in [0.1, 0.15) is 6.04 Å². The summed E-state index contributed by atoms with van der Waals surface area (Å²) in [4.78, 5) is 51.0. The number of fused-ring (bicyclic) bond motifs is 1. The van der Waals surface area contributed by atoms with Crippen molar-refractivity contribution in [2.75, 3.05) is 0 Å². The molecule has 0 spiro atoms. The maximum absolute atomic E-state index is 13.4. The molecule has 1 aliphatic carbocycles. The average molecular weight is 435 g/mol. The van der Waals surface area contributed by atoms with Crippen molar-refractivity contribution in [2.24, 2.45) is 5.92 Å². The van der Waals surface area contributed by atoms with Gasteiger partial charge in [0.15, 0.2) is 0 Å². The summed E-state index contributed by atoms with van der Waals surface area (Å²) in [6.45, 7) is 2.15. The molecule has 8 nitrogen and oxygen atoms in total. The van der Waals surface area contributed by atoms with E-state index in [1.807, 2.05) is 0 Å². The van der Waals surface area contributed by atoms with Crippen molar-refractivity contribution in [3.63, 3.8) is 0 Å². The molecule has 1 aliphatic heterocycles. The van der Waals surface area contributed by atoms with Crippen molar-refractivity contribution in [1.82, 2.24) is 10.2 Å². The lowest BCUT2D eigenvalue weighted by Crippen LogP contribution is -2.53. The zero-order valence-electron chi connectivity index (χ0n) is 17.8. The molecule has 0 unspecified atom stereocenters. The van der Waals surface area contributed by atoms with E-state index in [1.54, 1.807) is 36.4 Å². The van der Waals surface area contributed by atoms with Crippen molar-refractivity contribution < 1.29 is 19.3 Å². The highest BCUT2D eigenvalue weighted by molar-refractivity contribution is 6.22. The molecule has 166 valence electrons. The molecule has 0 aromatic heterocycles. The number of carbonyl (C=O) groups excluding carboxylic acids is 3. The lowest BCUT2D eigenvalue weighted by molar-refractivity contribution is -0.384. The van der Waals surface area contributed by atoms with E-state index < -0.39 is 22.8 Å². The van der Waals surface area contributed by atoms with Crippen molar-refractivity contribution in [1.29, 1.82) is 0 Å². The summed E-state index contributed by atoms with van der Waals surface area (Å²) in [5.41, 5.74) is 1.13. The molecule has 3 amide bonds. The van der Waals surface area contributed by atoms with Crippen LogP contribution >= 0.6 is 0 Å². The Bertz CT molecular complexity index is 1030. The third-order valence-electron chi connectivity index (χ3n) is 6.30. The summed E-state index contributed by atoms with van der Waals surface area (Å²) in [6.07, 6.45) is 3.95. The fraction of sp³-hybridized carbons (Fsp3) is 0.375. The minimum Gasteiger partial charge on any atom is -0.352 e. The number of hydrogen-bond acceptors (Lipinski definition) is 5. The number of nitrogens with zero attached hydrogens (tertiary/aromatic N) is 2. The maximum Gasteiger partial charge on any atom is 0.269 e. The highest BCUT2D eigenvalue weighted by Gasteiger charge is 2.43. The van der Waals surface area contributed by atoms with Crippen LogP contribution in [0.3, 0.4) is 0 Å². The molecular weight excluding hydrogens is 410 g/mol. The molecule has 3 atom stereocenters. The van der Waals surface area contributed by atoms with Crippen molar-refractivity contribution in [3.05, 3.63) is 75.3 Å². The summed E-state index contributed by atoms with van der Waals surface area (Å²) in [5.74, 6) is -0.868. The summed E-state index contributed by atoms with van der Waals surface area (Å²) < 4.78 is 0. The van der Waals surface area contributed by atoms with E-state index in [-0.39, 0.29) is 35.2 Å². The van der Waals surface area contributed by atoms with Gasteiger partial charge in [0.05, 0.1) is 16.1 Å². The van der Waals surface area contributed by atoms with Crippen LogP contribution in [0.15, 0.2) is 48.5 Å². The number of nitro groups is 1. The second-order valence-corrected chi connectivity index (χ2v) is 8.65. The number of nitrogens with one attached hydrogen (secondary N) is 1. The van der Waals surface area contributed by atoms with Crippen LogP contribution in [0.4, 0.5) is 5.69 Å². The monoisotopic (exact) mass is 435 g/mol. The smallest absolute Gasteiger partial charge is 0.269 e. The van der Waals surface area contributed by atoms with Crippen LogP contribution in [0.5, 0.6) is 0 Å². The number of hydrogen-bond donors (Lipinski definition) is 1. The van der Waals surface area contributed by atoms with Crippen LogP contribution < -0.4 is 5.32 Å². The number of benzene rings is 2. The van der Waals surface area contributed by atoms with E-state index in [0.29, 0.717) is 11.5 Å². The molecular formula is C24H25N3O5. The largest absolute Gasteiger partial charge is 0.352 e. The van der Waals surface area contributed by atoms with Gasteiger partial charge < -0.3 is 5.32 Å². The Morgan fingerprint density at radius 2 is 1.72 bits per heavy atom. The van der Waals surface area contributed by atoms with Gasteiger partial charge >= 0.3 is 0 Å². The molecule has 1 saturated carbocycles. The van der Waals surface area contributed by atoms with Gasteiger partial charge in [0.25, 0.3) is 17.5 Å². The molecule has 1 heterocycles. The molecule has 2 aromatic carbocycles. The normalized spacial score (nSPS) is 21.2. The molecule has 0 saturated heterocycles. The molecule has 1 fully saturated rings. The number of imide groups is 1. The van der Waals surface area contributed by atoms with Crippen LogP contribution in [0.2, 0.25) is 0 Å². The van der Waals surface area contributed by atoms with E-state index in [2.05, 4.69) is 12.2 Å². The average Bonchev–Trinajstić information content (AvgIpc) is 3.03. The Balaban J connectivity index is 1.62. The molecule has 32 heavy (non-hydrogen) atoms. The fourth-order valence-electron chi connectivity index (χ4n) is 4.63. The minimum absolute atomic E-state index is 0.000734. The molecule has 2 aromatic rings. The lowest BCUT2D eigenvalue weighted by Gasteiger charge is -2.31. The van der Waals surface area contributed by atoms with Gasteiger partial charge in [-0.05, 0) is 36.5 Å². The van der Waals surface area contributed by atoms with Gasteiger partial charge in [-0.15, -0.1) is 0 Å². The molecule has 0 bridgehead atoms. The van der Waals surface area contributed by atoms with E-state index in [4.69, 9.17) is 0 Å². The highest BCUT2D eigenvalue weighted by Crippen LogP contribution is 2.28. The molecule has 2 aliphatic rings. The van der Waals surface area contributed by atoms with Gasteiger partial charge in [-0.1, -0.05) is 44.0 Å². The Morgan fingerprint density at radius 1 is 1.09 bits per heavy atom. The second kappa shape index (κ2) is 8.90. The predicted molar refractivity (Wildman–Crippen MR) is 117 cm³/mol. The zero-order valence-corrected chi connectivity index (χ0v) is 17.8. The molecule has 8 heteroatoms. The molecule has 4 rings (SSSR count). The van der Waals surface area contributed by atoms with Gasteiger partial charge in [0, 0.05) is 24.6 Å². The highest BCUT2D eigenvalue weighted by atomic mass is 16.6. The van der Waals surface area contributed by atoms with E-state index in [9.17, 15) is 24.5 Å². The van der Waals surface area contributed by atoms with Gasteiger partial charge in [-0.3, -0.25) is 29.4 Å². The van der Waals surface area contributed by atoms with Crippen LogP contribution in [-0.4, -0.2) is 39.6 Å². The fourth-order valence-corrected chi connectivity index (χ4v) is 4.63. The third kappa shape index (κ3) is 4.26. The number of carbonyl (C=O) groups is 3. The summed E-state index contributed by atoms with van der Waals surface area (Å²) in [7, 11) is 0. The summed E-state index contributed by atoms with van der Waals surface area (Å²) in [6, 6.07) is 11.3. The number of rotatable bonds is 6. The first kappa shape index (κ1) is 21.7. The Labute approximate surface area is 185 Å². The number of nitro benzene ring substituents is 1. The third-order valence-corrected chi connectivity index (χ3v) is 6.30. The topological polar surface area (TPSA) is 110 Å². The quantitative estimate of drug-likeness (QED) is 0.424. The Hall–Kier alpha value is -3.55. The molecule has 1 N–H and O–H groups in total. The van der Waals surface area contributed by atoms with Crippen LogP contribution in [-0.2, 0) is 11.2 Å². The second-order valence-electron chi connectivity index (χ2n) is 8.65. The molecule has 0 radical (unpaired) electrons. The summed E-state index contributed by atoms with van der Waals surface area (Å²) >= 11 is 0. The first-order valence-electron chi connectivity index (χ1n) is 10.9. The van der Waals surface area contributed by atoms with Gasteiger partial charge in [-0.2, -0.15) is 0 Å². The van der Waals surface area contributed by atoms with Gasteiger partial charge in [0.2, 0.25) is 5.91 Å². The number of amides is 3. The van der Waals surface area contributed by atoms with Crippen molar-refractivity contribution in [3.8, 4) is 0 Å². The zero-order chi connectivity index (χ0) is 22.8. The first-order chi connectivity index (χ1) is 15.3. The summed E-state index contributed by atoms with van der Waals surface area (Å²) in [5, 5.41) is 14.0. The Morgan fingerprint density at radius 3 is 2.28 bits per heavy atom. The van der Waals surface area contributed by atoms with Crippen molar-refractivity contribution >= 4 is 23.4 Å². The van der Waals surface area contributed by atoms with Crippen LogP contribution in [0.1, 0.15) is 58.9 Å². The first-order valence-corrected chi connectivity index (χ1v) is 10.9. The van der Waals surface area contributed by atoms with E-state index in [0.717, 1.165) is 30.6 Å².